The predicted molar refractivity (Wildman–Crippen MR) is 114 cm³/mol. The molecule has 0 radical (unpaired) electrons. The standard InChI is InChI=1S/C20H16BrClN4O2/c1-11-18(20(28)24-14-5-3-13(22)4-6-14)15-8-12(21)2-7-16(15)25-19(11)26-9-17(27)23-10-26/h2-8H,9-10H2,1H3,(H,23,27)(H,24,28). The molecule has 0 atom stereocenters. The highest BCUT2D eigenvalue weighted by molar-refractivity contribution is 9.10. The number of hydrogen-bond donors (Lipinski definition) is 2. The number of nitrogens with one attached hydrogen (secondary N) is 2. The smallest absolute Gasteiger partial charge is 0.256 e. The van der Waals surface area contributed by atoms with Gasteiger partial charge in [-0.1, -0.05) is 27.5 Å². The normalized spacial score (nSPS) is 13.7. The topological polar surface area (TPSA) is 74.3 Å². The van der Waals surface area contributed by atoms with Crippen molar-refractivity contribution in [3.8, 4) is 0 Å². The molecule has 1 aromatic heterocycles. The Labute approximate surface area is 175 Å². The fraction of sp³-hybridized carbons (Fsp3) is 0.150. The Balaban J connectivity index is 1.83. The van der Waals surface area contributed by atoms with Crippen LogP contribution in [-0.4, -0.2) is 30.0 Å². The van der Waals surface area contributed by atoms with Crippen LogP contribution in [0.4, 0.5) is 11.5 Å². The van der Waals surface area contributed by atoms with E-state index >= 15 is 0 Å². The summed E-state index contributed by atoms with van der Waals surface area (Å²) in [4.78, 5) is 31.4. The summed E-state index contributed by atoms with van der Waals surface area (Å²) in [6, 6.07) is 12.5. The molecule has 0 bridgehead atoms. The maximum absolute atomic E-state index is 13.2. The van der Waals surface area contributed by atoms with Gasteiger partial charge in [0.1, 0.15) is 12.4 Å². The Morgan fingerprint density at radius 1 is 1.25 bits per heavy atom. The Bertz CT molecular complexity index is 1100. The van der Waals surface area contributed by atoms with Gasteiger partial charge >= 0.3 is 0 Å². The molecule has 8 heteroatoms. The number of carbonyl (C=O) groups is 2. The number of anilines is 2. The summed E-state index contributed by atoms with van der Waals surface area (Å²) in [7, 11) is 0. The maximum Gasteiger partial charge on any atom is 0.256 e. The molecular formula is C20H16BrClN4O2. The van der Waals surface area contributed by atoms with E-state index in [-0.39, 0.29) is 18.4 Å². The molecule has 1 aliphatic rings. The molecule has 2 heterocycles. The molecule has 2 amide bonds. The summed E-state index contributed by atoms with van der Waals surface area (Å²) in [5.74, 6) is 0.309. The zero-order valence-electron chi connectivity index (χ0n) is 14.9. The van der Waals surface area contributed by atoms with Gasteiger partial charge in [0.2, 0.25) is 5.91 Å². The average molecular weight is 460 g/mol. The molecule has 1 fully saturated rings. The number of pyridine rings is 1. The minimum absolute atomic E-state index is 0.0655. The number of benzene rings is 2. The number of halogens is 2. The first-order chi connectivity index (χ1) is 13.4. The second-order valence-electron chi connectivity index (χ2n) is 6.51. The number of fused-ring (bicyclic) bond motifs is 1. The summed E-state index contributed by atoms with van der Waals surface area (Å²) in [5, 5.41) is 7.03. The highest BCUT2D eigenvalue weighted by atomic mass is 79.9. The van der Waals surface area contributed by atoms with Crippen molar-refractivity contribution in [3.05, 3.63) is 63.1 Å². The molecule has 28 heavy (non-hydrogen) atoms. The van der Waals surface area contributed by atoms with Gasteiger partial charge in [0, 0.05) is 26.1 Å². The fourth-order valence-corrected chi connectivity index (χ4v) is 3.75. The van der Waals surface area contributed by atoms with E-state index in [2.05, 4.69) is 26.6 Å². The molecule has 1 saturated heterocycles. The van der Waals surface area contributed by atoms with Crippen LogP contribution in [-0.2, 0) is 4.79 Å². The van der Waals surface area contributed by atoms with E-state index in [1.165, 1.54) is 0 Å². The van der Waals surface area contributed by atoms with Crippen molar-refractivity contribution in [1.82, 2.24) is 10.3 Å². The van der Waals surface area contributed by atoms with Gasteiger partial charge in [0.15, 0.2) is 0 Å². The predicted octanol–water partition coefficient (Wildman–Crippen LogP) is 4.11. The maximum atomic E-state index is 13.2. The van der Waals surface area contributed by atoms with Crippen molar-refractivity contribution in [2.75, 3.05) is 23.4 Å². The first kappa shape index (κ1) is 18.7. The van der Waals surface area contributed by atoms with Crippen molar-refractivity contribution in [3.63, 3.8) is 0 Å². The van der Waals surface area contributed by atoms with Crippen molar-refractivity contribution in [2.45, 2.75) is 6.92 Å². The van der Waals surface area contributed by atoms with Crippen LogP contribution < -0.4 is 15.5 Å². The Kier molecular flexibility index (Phi) is 4.95. The van der Waals surface area contributed by atoms with Crippen LogP contribution in [0.25, 0.3) is 10.9 Å². The monoisotopic (exact) mass is 458 g/mol. The Morgan fingerprint density at radius 3 is 2.68 bits per heavy atom. The lowest BCUT2D eigenvalue weighted by atomic mass is 10.0. The van der Waals surface area contributed by atoms with Gasteiger partial charge in [-0.3, -0.25) is 9.59 Å². The van der Waals surface area contributed by atoms with Gasteiger partial charge in [-0.25, -0.2) is 4.98 Å². The van der Waals surface area contributed by atoms with Gasteiger partial charge < -0.3 is 15.5 Å². The van der Waals surface area contributed by atoms with Gasteiger partial charge in [-0.2, -0.15) is 0 Å². The zero-order valence-corrected chi connectivity index (χ0v) is 17.3. The number of rotatable bonds is 3. The number of nitrogens with zero attached hydrogens (tertiary/aromatic N) is 2. The second-order valence-corrected chi connectivity index (χ2v) is 7.87. The summed E-state index contributed by atoms with van der Waals surface area (Å²) >= 11 is 9.39. The SMILES string of the molecule is Cc1c(N2CNC(=O)C2)nc2ccc(Br)cc2c1C(=O)Nc1ccc(Cl)cc1. The van der Waals surface area contributed by atoms with Crippen LogP contribution in [0, 0.1) is 6.92 Å². The van der Waals surface area contributed by atoms with Crippen LogP contribution in [0.5, 0.6) is 0 Å². The third-order valence-corrected chi connectivity index (χ3v) is 5.34. The second kappa shape index (κ2) is 7.41. The van der Waals surface area contributed by atoms with E-state index in [1.54, 1.807) is 24.3 Å². The van der Waals surface area contributed by atoms with Crippen LogP contribution in [0.1, 0.15) is 15.9 Å². The van der Waals surface area contributed by atoms with E-state index < -0.39 is 0 Å². The van der Waals surface area contributed by atoms with Gasteiger partial charge in [-0.05, 0) is 49.4 Å². The third-order valence-electron chi connectivity index (χ3n) is 4.59. The lowest BCUT2D eigenvalue weighted by Crippen LogP contribution is -2.25. The summed E-state index contributed by atoms with van der Waals surface area (Å²) in [6.07, 6.45) is 0. The molecule has 6 nitrogen and oxygen atoms in total. The van der Waals surface area contributed by atoms with Gasteiger partial charge in [0.25, 0.3) is 5.91 Å². The number of hydrogen-bond acceptors (Lipinski definition) is 4. The molecule has 2 N–H and O–H groups in total. The van der Waals surface area contributed by atoms with E-state index in [9.17, 15) is 9.59 Å². The number of carbonyl (C=O) groups excluding carboxylic acids is 2. The third kappa shape index (κ3) is 3.55. The van der Waals surface area contributed by atoms with Gasteiger partial charge in [0.05, 0.1) is 17.7 Å². The van der Waals surface area contributed by atoms with Crippen LogP contribution in [0.2, 0.25) is 5.02 Å². The lowest BCUT2D eigenvalue weighted by molar-refractivity contribution is -0.118. The van der Waals surface area contributed by atoms with Crippen LogP contribution in [0.3, 0.4) is 0 Å². The minimum Gasteiger partial charge on any atom is -0.337 e. The summed E-state index contributed by atoms with van der Waals surface area (Å²) < 4.78 is 0.854. The molecule has 0 aliphatic carbocycles. The Hall–Kier alpha value is -2.64. The molecule has 4 rings (SSSR count). The van der Waals surface area contributed by atoms with Crippen molar-refractivity contribution in [2.24, 2.45) is 0 Å². The largest absolute Gasteiger partial charge is 0.337 e. The molecule has 0 saturated carbocycles. The first-order valence-corrected chi connectivity index (χ1v) is 9.78. The Morgan fingerprint density at radius 2 is 2.00 bits per heavy atom. The highest BCUT2D eigenvalue weighted by Crippen LogP contribution is 2.31. The summed E-state index contributed by atoms with van der Waals surface area (Å²) in [5.41, 5.74) is 2.57. The fourth-order valence-electron chi connectivity index (χ4n) is 3.26. The number of aromatic nitrogens is 1. The average Bonchev–Trinajstić information content (AvgIpc) is 3.09. The first-order valence-electron chi connectivity index (χ1n) is 8.61. The van der Waals surface area contributed by atoms with Crippen LogP contribution in [0.15, 0.2) is 46.9 Å². The highest BCUT2D eigenvalue weighted by Gasteiger charge is 2.26. The van der Waals surface area contributed by atoms with Crippen molar-refractivity contribution >= 4 is 61.8 Å². The van der Waals surface area contributed by atoms with Crippen LogP contribution >= 0.6 is 27.5 Å². The van der Waals surface area contributed by atoms with E-state index in [0.29, 0.717) is 39.8 Å². The summed E-state index contributed by atoms with van der Waals surface area (Å²) in [6.45, 7) is 2.43. The van der Waals surface area contributed by atoms with E-state index in [0.717, 1.165) is 9.86 Å². The number of amides is 2. The molecule has 1 aliphatic heterocycles. The molecule has 2 aromatic carbocycles. The molecule has 0 unspecified atom stereocenters. The molecule has 0 spiro atoms. The van der Waals surface area contributed by atoms with Gasteiger partial charge in [-0.15, -0.1) is 0 Å². The molecule has 3 aromatic rings. The quantitative estimate of drug-likeness (QED) is 0.618. The van der Waals surface area contributed by atoms with E-state index in [1.807, 2.05) is 30.0 Å². The van der Waals surface area contributed by atoms with E-state index in [4.69, 9.17) is 16.6 Å². The lowest BCUT2D eigenvalue weighted by Gasteiger charge is -2.21. The molecular weight excluding hydrogens is 444 g/mol. The minimum atomic E-state index is -0.245. The molecule has 142 valence electrons. The van der Waals surface area contributed by atoms with Crippen molar-refractivity contribution < 1.29 is 9.59 Å². The van der Waals surface area contributed by atoms with Crippen molar-refractivity contribution in [1.29, 1.82) is 0 Å². The zero-order chi connectivity index (χ0) is 19.8.